The Labute approximate surface area is 187 Å². The van der Waals surface area contributed by atoms with Crippen LogP contribution in [-0.2, 0) is 37.9 Å². The molecule has 0 N–H and O–H groups in total. The number of halogens is 1. The number of hydrogen-bond donors (Lipinski definition) is 0. The van der Waals surface area contributed by atoms with Gasteiger partial charge in [-0.05, 0) is 5.53 Å². The van der Waals surface area contributed by atoms with Crippen molar-refractivity contribution >= 4 is 15.9 Å². The zero-order valence-corrected chi connectivity index (χ0v) is 19.5. The van der Waals surface area contributed by atoms with Crippen molar-refractivity contribution in [3.8, 4) is 0 Å². The Morgan fingerprint density at radius 1 is 0.700 bits per heavy atom. The van der Waals surface area contributed by atoms with Crippen LogP contribution in [0.5, 0.6) is 0 Å². The van der Waals surface area contributed by atoms with Gasteiger partial charge in [0.2, 0.25) is 0 Å². The van der Waals surface area contributed by atoms with Crippen LogP contribution in [0.3, 0.4) is 0 Å². The molecular formula is C18H36BrN3O8. The van der Waals surface area contributed by atoms with E-state index in [9.17, 15) is 0 Å². The second-order valence-corrected chi connectivity index (χ2v) is 6.52. The lowest BCUT2D eigenvalue weighted by atomic mass is 10.4. The lowest BCUT2D eigenvalue weighted by Gasteiger charge is -2.15. The fourth-order valence-electron chi connectivity index (χ4n) is 1.95. The Kier molecular flexibility index (Phi) is 26.0. The van der Waals surface area contributed by atoms with Crippen molar-refractivity contribution in [1.29, 1.82) is 0 Å². The average Bonchev–Trinajstić information content (AvgIpc) is 2.76. The van der Waals surface area contributed by atoms with Gasteiger partial charge < -0.3 is 37.9 Å². The summed E-state index contributed by atoms with van der Waals surface area (Å²) in [5.41, 5.74) is 8.38. The summed E-state index contributed by atoms with van der Waals surface area (Å²) in [4.78, 5) is 2.73. The normalized spacial score (nSPS) is 12.1. The number of nitrogens with zero attached hydrogens (tertiary/aromatic N) is 3. The number of ether oxygens (including phenoxy) is 8. The van der Waals surface area contributed by atoms with Gasteiger partial charge in [-0.3, -0.25) is 0 Å². The van der Waals surface area contributed by atoms with Crippen LogP contribution in [0.2, 0.25) is 0 Å². The minimum Gasteiger partial charge on any atom is -0.382 e. The van der Waals surface area contributed by atoms with Crippen molar-refractivity contribution in [3.05, 3.63) is 10.4 Å². The average molecular weight is 502 g/mol. The molecule has 0 saturated carbocycles. The number of rotatable bonds is 25. The summed E-state index contributed by atoms with van der Waals surface area (Å²) in [6, 6.07) is 0. The van der Waals surface area contributed by atoms with Gasteiger partial charge in [0.15, 0.2) is 0 Å². The summed E-state index contributed by atoms with van der Waals surface area (Å²) < 4.78 is 42.7. The summed E-state index contributed by atoms with van der Waals surface area (Å²) in [6.45, 7) is 7.34. The molecular weight excluding hydrogens is 466 g/mol. The van der Waals surface area contributed by atoms with E-state index in [2.05, 4.69) is 26.0 Å². The number of methoxy groups -OCH3 is 1. The van der Waals surface area contributed by atoms with Crippen LogP contribution >= 0.6 is 15.9 Å². The maximum atomic E-state index is 8.38. The molecule has 178 valence electrons. The van der Waals surface area contributed by atoms with Gasteiger partial charge in [-0.2, -0.15) is 0 Å². The molecule has 1 unspecified atom stereocenters. The van der Waals surface area contributed by atoms with E-state index in [1.54, 1.807) is 7.11 Å². The first-order chi connectivity index (χ1) is 14.8. The summed E-state index contributed by atoms with van der Waals surface area (Å²) in [5, 5.41) is 4.23. The summed E-state index contributed by atoms with van der Waals surface area (Å²) >= 11 is 3.28. The van der Waals surface area contributed by atoms with Crippen LogP contribution in [0.1, 0.15) is 0 Å². The minimum absolute atomic E-state index is 0.246. The number of alkyl halides is 1. The van der Waals surface area contributed by atoms with Gasteiger partial charge >= 0.3 is 0 Å². The fourth-order valence-corrected chi connectivity index (χ4v) is 2.14. The van der Waals surface area contributed by atoms with Crippen molar-refractivity contribution in [3.63, 3.8) is 0 Å². The van der Waals surface area contributed by atoms with E-state index in [1.807, 2.05) is 0 Å². The smallest absolute Gasteiger partial charge is 0.0865 e. The molecule has 0 radical (unpaired) electrons. The molecule has 0 aliphatic rings. The van der Waals surface area contributed by atoms with Crippen LogP contribution < -0.4 is 0 Å². The third-order valence-electron chi connectivity index (χ3n) is 3.37. The SMILES string of the molecule is COCCOCCOCCOCCOCCOCCOCC(CN=[N+]=[N-])OCCBr. The van der Waals surface area contributed by atoms with E-state index < -0.39 is 0 Å². The molecule has 0 saturated heterocycles. The first-order valence-corrected chi connectivity index (χ1v) is 11.1. The number of azide groups is 1. The molecule has 0 amide bonds. The molecule has 0 aromatic heterocycles. The lowest BCUT2D eigenvalue weighted by Crippen LogP contribution is -2.25. The van der Waals surface area contributed by atoms with E-state index in [4.69, 9.17) is 43.4 Å². The zero-order chi connectivity index (χ0) is 22.0. The molecule has 0 bridgehead atoms. The topological polar surface area (TPSA) is 123 Å². The Balaban J connectivity index is 3.24. The highest BCUT2D eigenvalue weighted by atomic mass is 79.9. The van der Waals surface area contributed by atoms with Crippen LogP contribution in [0.4, 0.5) is 0 Å². The van der Waals surface area contributed by atoms with Gasteiger partial charge in [-0.15, -0.1) is 0 Å². The van der Waals surface area contributed by atoms with Crippen molar-refractivity contribution in [2.45, 2.75) is 6.10 Å². The van der Waals surface area contributed by atoms with E-state index in [0.717, 1.165) is 0 Å². The molecule has 0 aromatic rings. The Morgan fingerprint density at radius 2 is 1.13 bits per heavy atom. The van der Waals surface area contributed by atoms with E-state index in [1.165, 1.54) is 0 Å². The second kappa shape index (κ2) is 26.5. The summed E-state index contributed by atoms with van der Waals surface area (Å²) in [7, 11) is 1.64. The summed E-state index contributed by atoms with van der Waals surface area (Å²) in [5.74, 6) is 0. The number of hydrogen-bond acceptors (Lipinski definition) is 9. The molecule has 30 heavy (non-hydrogen) atoms. The van der Waals surface area contributed by atoms with E-state index in [-0.39, 0.29) is 12.6 Å². The van der Waals surface area contributed by atoms with Crippen LogP contribution in [0, 0.1) is 0 Å². The molecule has 0 aliphatic heterocycles. The van der Waals surface area contributed by atoms with Gasteiger partial charge in [0.05, 0.1) is 105 Å². The van der Waals surface area contributed by atoms with Crippen molar-refractivity contribution in [2.75, 3.05) is 111 Å². The molecule has 0 spiro atoms. The van der Waals surface area contributed by atoms with E-state index >= 15 is 0 Å². The predicted octanol–water partition coefficient (Wildman–Crippen LogP) is 1.82. The lowest BCUT2D eigenvalue weighted by molar-refractivity contribution is -0.0344. The molecule has 0 aromatic carbocycles. The van der Waals surface area contributed by atoms with Crippen LogP contribution in [0.15, 0.2) is 5.11 Å². The summed E-state index contributed by atoms with van der Waals surface area (Å²) in [6.07, 6.45) is -0.249. The first kappa shape index (κ1) is 29.5. The van der Waals surface area contributed by atoms with Gasteiger partial charge in [0.25, 0.3) is 0 Å². The minimum atomic E-state index is -0.249. The monoisotopic (exact) mass is 501 g/mol. The largest absolute Gasteiger partial charge is 0.382 e. The molecule has 1 atom stereocenters. The Morgan fingerprint density at radius 3 is 1.53 bits per heavy atom. The Hall–Kier alpha value is -0.530. The van der Waals surface area contributed by atoms with Crippen LogP contribution in [-0.4, -0.2) is 118 Å². The highest BCUT2D eigenvalue weighted by Crippen LogP contribution is 1.97. The molecule has 0 rings (SSSR count). The Bertz CT molecular complexity index is 392. The van der Waals surface area contributed by atoms with Gasteiger partial charge in [0, 0.05) is 17.4 Å². The van der Waals surface area contributed by atoms with Crippen molar-refractivity contribution < 1.29 is 37.9 Å². The van der Waals surface area contributed by atoms with Crippen molar-refractivity contribution in [1.82, 2.24) is 0 Å². The molecule has 0 fully saturated rings. The van der Waals surface area contributed by atoms with Crippen molar-refractivity contribution in [2.24, 2.45) is 5.11 Å². The highest BCUT2D eigenvalue weighted by molar-refractivity contribution is 9.09. The van der Waals surface area contributed by atoms with Gasteiger partial charge in [-0.1, -0.05) is 21.0 Å². The maximum absolute atomic E-state index is 8.38. The first-order valence-electron chi connectivity index (χ1n) is 9.99. The highest BCUT2D eigenvalue weighted by Gasteiger charge is 2.07. The second-order valence-electron chi connectivity index (χ2n) is 5.72. The molecule has 12 heteroatoms. The van der Waals surface area contributed by atoms with E-state index in [0.29, 0.717) is 97.8 Å². The third-order valence-corrected chi connectivity index (χ3v) is 3.70. The predicted molar refractivity (Wildman–Crippen MR) is 114 cm³/mol. The standard InChI is InChI=1S/C18H36BrN3O8/c1-23-4-5-24-6-7-25-8-9-26-10-11-27-12-13-28-14-15-29-17-18(16-21-22-20)30-3-2-19/h18H,2-17H2,1H3. The van der Waals surface area contributed by atoms with Crippen LogP contribution in [0.25, 0.3) is 10.4 Å². The molecule has 0 aliphatic carbocycles. The maximum Gasteiger partial charge on any atom is 0.0865 e. The third kappa shape index (κ3) is 23.7. The zero-order valence-electron chi connectivity index (χ0n) is 17.9. The molecule has 0 heterocycles. The van der Waals surface area contributed by atoms with Gasteiger partial charge in [-0.25, -0.2) is 0 Å². The molecule has 11 nitrogen and oxygen atoms in total. The van der Waals surface area contributed by atoms with Gasteiger partial charge in [0.1, 0.15) is 0 Å². The quantitative estimate of drug-likeness (QED) is 0.0609. The fraction of sp³-hybridized carbons (Fsp3) is 1.00.